The minimum atomic E-state index is -2.78. The van der Waals surface area contributed by atoms with E-state index in [0.717, 1.165) is 11.8 Å². The average molecular weight is 218 g/mol. The van der Waals surface area contributed by atoms with Crippen molar-refractivity contribution in [3.63, 3.8) is 0 Å². The van der Waals surface area contributed by atoms with E-state index in [1.54, 1.807) is 12.1 Å². The van der Waals surface area contributed by atoms with Crippen molar-refractivity contribution < 1.29 is 13.9 Å². The molecule has 1 aromatic carbocycles. The zero-order valence-corrected chi connectivity index (χ0v) is 8.81. The van der Waals surface area contributed by atoms with E-state index in [-0.39, 0.29) is 5.56 Å². The summed E-state index contributed by atoms with van der Waals surface area (Å²) in [5.74, 6) is 0. The third-order valence-corrected chi connectivity index (χ3v) is 2.84. The summed E-state index contributed by atoms with van der Waals surface area (Å²) in [6.45, 7) is 1.12. The fourth-order valence-electron chi connectivity index (χ4n) is 1.05. The first-order valence-corrected chi connectivity index (χ1v) is 5.36. The monoisotopic (exact) mass is 218 g/mol. The average Bonchev–Trinajstić information content (AvgIpc) is 2.17. The zero-order valence-electron chi connectivity index (χ0n) is 8.00. The van der Waals surface area contributed by atoms with Crippen LogP contribution in [0.25, 0.3) is 0 Å². The molecule has 0 aromatic heterocycles. The molecule has 0 amide bonds. The third kappa shape index (κ3) is 2.25. The SMILES string of the molecule is CSc1ccc(C(C)(O)C(F)F)cc1. The van der Waals surface area contributed by atoms with Crippen LogP contribution in [-0.2, 0) is 5.60 Å². The largest absolute Gasteiger partial charge is 0.379 e. The maximum Gasteiger partial charge on any atom is 0.270 e. The van der Waals surface area contributed by atoms with Gasteiger partial charge in [-0.2, -0.15) is 0 Å². The highest BCUT2D eigenvalue weighted by atomic mass is 32.2. The summed E-state index contributed by atoms with van der Waals surface area (Å²) in [5.41, 5.74) is -1.82. The smallest absolute Gasteiger partial charge is 0.270 e. The van der Waals surface area contributed by atoms with Crippen molar-refractivity contribution >= 4 is 11.8 Å². The minimum Gasteiger partial charge on any atom is -0.379 e. The lowest BCUT2D eigenvalue weighted by atomic mass is 9.97. The van der Waals surface area contributed by atoms with E-state index >= 15 is 0 Å². The number of hydrogen-bond donors (Lipinski definition) is 1. The number of thioether (sulfide) groups is 1. The summed E-state index contributed by atoms with van der Waals surface area (Å²) < 4.78 is 24.9. The predicted molar refractivity (Wildman–Crippen MR) is 53.8 cm³/mol. The summed E-state index contributed by atoms with van der Waals surface area (Å²) in [6.07, 6.45) is -0.872. The van der Waals surface area contributed by atoms with Gasteiger partial charge in [0.15, 0.2) is 0 Å². The molecule has 0 aliphatic rings. The van der Waals surface area contributed by atoms with Gasteiger partial charge in [-0.05, 0) is 30.9 Å². The Morgan fingerprint density at radius 3 is 2.14 bits per heavy atom. The molecule has 1 atom stereocenters. The fraction of sp³-hybridized carbons (Fsp3) is 0.400. The first-order valence-electron chi connectivity index (χ1n) is 4.13. The van der Waals surface area contributed by atoms with Crippen molar-refractivity contribution in [3.8, 4) is 0 Å². The fourth-order valence-corrected chi connectivity index (χ4v) is 1.46. The van der Waals surface area contributed by atoms with Crippen molar-refractivity contribution in [3.05, 3.63) is 29.8 Å². The molecule has 0 aliphatic carbocycles. The molecule has 78 valence electrons. The van der Waals surface area contributed by atoms with E-state index in [2.05, 4.69) is 0 Å². The van der Waals surface area contributed by atoms with Gasteiger partial charge in [0.25, 0.3) is 6.43 Å². The molecule has 1 unspecified atom stereocenters. The number of halogens is 2. The molecule has 1 N–H and O–H groups in total. The van der Waals surface area contributed by atoms with Gasteiger partial charge in [0.2, 0.25) is 0 Å². The number of rotatable bonds is 3. The van der Waals surface area contributed by atoms with Crippen molar-refractivity contribution in [2.75, 3.05) is 6.26 Å². The highest BCUT2D eigenvalue weighted by Crippen LogP contribution is 2.28. The molecule has 0 heterocycles. The van der Waals surface area contributed by atoms with Gasteiger partial charge >= 0.3 is 0 Å². The second-order valence-corrected chi connectivity index (χ2v) is 4.06. The van der Waals surface area contributed by atoms with E-state index in [9.17, 15) is 13.9 Å². The van der Waals surface area contributed by atoms with Crippen LogP contribution in [0.5, 0.6) is 0 Å². The highest BCUT2D eigenvalue weighted by molar-refractivity contribution is 7.98. The Hall–Kier alpha value is -0.610. The molecule has 1 aromatic rings. The molecule has 14 heavy (non-hydrogen) atoms. The van der Waals surface area contributed by atoms with Gasteiger partial charge in [-0.3, -0.25) is 0 Å². The normalized spacial score (nSPS) is 15.6. The Bertz CT molecular complexity index is 295. The Morgan fingerprint density at radius 2 is 1.79 bits per heavy atom. The lowest BCUT2D eigenvalue weighted by Crippen LogP contribution is -2.30. The Balaban J connectivity index is 2.97. The standard InChI is InChI=1S/C10H12F2OS/c1-10(13,9(11)12)7-3-5-8(14-2)6-4-7/h3-6,9,13H,1-2H3. The van der Waals surface area contributed by atoms with Crippen LogP contribution in [0.15, 0.2) is 29.2 Å². The first kappa shape index (κ1) is 11.5. The van der Waals surface area contributed by atoms with Crippen LogP contribution < -0.4 is 0 Å². The number of alkyl halides is 2. The van der Waals surface area contributed by atoms with E-state index in [4.69, 9.17) is 0 Å². The molecule has 1 rings (SSSR count). The molecule has 0 aliphatic heterocycles. The number of hydrogen-bond acceptors (Lipinski definition) is 2. The minimum absolute atomic E-state index is 0.241. The molecule has 0 saturated heterocycles. The second-order valence-electron chi connectivity index (χ2n) is 3.18. The first-order chi connectivity index (χ1) is 6.48. The van der Waals surface area contributed by atoms with Crippen LogP contribution in [0.4, 0.5) is 8.78 Å². The van der Waals surface area contributed by atoms with E-state index in [1.165, 1.54) is 23.9 Å². The van der Waals surface area contributed by atoms with Gasteiger partial charge in [0, 0.05) is 4.90 Å². The molecule has 0 radical (unpaired) electrons. The van der Waals surface area contributed by atoms with Gasteiger partial charge in [0.1, 0.15) is 5.60 Å². The van der Waals surface area contributed by atoms with E-state index in [1.807, 2.05) is 6.26 Å². The maximum absolute atomic E-state index is 12.4. The lowest BCUT2D eigenvalue weighted by molar-refractivity contribution is -0.0883. The highest BCUT2D eigenvalue weighted by Gasteiger charge is 2.33. The van der Waals surface area contributed by atoms with Crippen LogP contribution in [0, 0.1) is 0 Å². The number of aliphatic hydroxyl groups is 1. The summed E-state index contributed by atoms with van der Waals surface area (Å²) >= 11 is 1.53. The van der Waals surface area contributed by atoms with Gasteiger partial charge < -0.3 is 5.11 Å². The Morgan fingerprint density at radius 1 is 1.29 bits per heavy atom. The topological polar surface area (TPSA) is 20.2 Å². The molecule has 0 spiro atoms. The molecule has 0 fully saturated rings. The van der Waals surface area contributed by atoms with Crippen LogP contribution >= 0.6 is 11.8 Å². The molecular weight excluding hydrogens is 206 g/mol. The van der Waals surface area contributed by atoms with Crippen molar-refractivity contribution in [2.45, 2.75) is 23.8 Å². The summed E-state index contributed by atoms with van der Waals surface area (Å²) in [7, 11) is 0. The summed E-state index contributed by atoms with van der Waals surface area (Å²) in [6, 6.07) is 6.49. The summed E-state index contributed by atoms with van der Waals surface area (Å²) in [5, 5.41) is 9.47. The van der Waals surface area contributed by atoms with Crippen LogP contribution in [0.3, 0.4) is 0 Å². The van der Waals surface area contributed by atoms with E-state index in [0.29, 0.717) is 0 Å². The van der Waals surface area contributed by atoms with Crippen molar-refractivity contribution in [1.82, 2.24) is 0 Å². The van der Waals surface area contributed by atoms with Gasteiger partial charge in [0.05, 0.1) is 0 Å². The third-order valence-electron chi connectivity index (χ3n) is 2.10. The van der Waals surface area contributed by atoms with Crippen molar-refractivity contribution in [2.24, 2.45) is 0 Å². The summed E-state index contributed by atoms with van der Waals surface area (Å²) in [4.78, 5) is 0.985. The maximum atomic E-state index is 12.4. The van der Waals surface area contributed by atoms with Crippen LogP contribution in [0.2, 0.25) is 0 Å². The molecule has 1 nitrogen and oxygen atoms in total. The van der Waals surface area contributed by atoms with Crippen LogP contribution in [0.1, 0.15) is 12.5 Å². The second kappa shape index (κ2) is 4.28. The van der Waals surface area contributed by atoms with Crippen LogP contribution in [-0.4, -0.2) is 17.8 Å². The quantitative estimate of drug-likeness (QED) is 0.787. The molecule has 4 heteroatoms. The Kier molecular flexibility index (Phi) is 3.50. The van der Waals surface area contributed by atoms with E-state index < -0.39 is 12.0 Å². The predicted octanol–water partition coefficient (Wildman–Crippen LogP) is 2.88. The number of benzene rings is 1. The molecule has 0 bridgehead atoms. The Labute approximate surface area is 86.1 Å². The lowest BCUT2D eigenvalue weighted by Gasteiger charge is -2.22. The van der Waals surface area contributed by atoms with Gasteiger partial charge in [-0.1, -0.05) is 12.1 Å². The van der Waals surface area contributed by atoms with Gasteiger partial charge in [-0.25, -0.2) is 8.78 Å². The van der Waals surface area contributed by atoms with Gasteiger partial charge in [-0.15, -0.1) is 11.8 Å². The zero-order chi connectivity index (χ0) is 10.8. The molecular formula is C10H12F2OS. The van der Waals surface area contributed by atoms with Crippen molar-refractivity contribution in [1.29, 1.82) is 0 Å². The molecule has 0 saturated carbocycles.